The Morgan fingerprint density at radius 1 is 1.24 bits per heavy atom. The highest BCUT2D eigenvalue weighted by Crippen LogP contribution is 2.39. The van der Waals surface area contributed by atoms with Crippen molar-refractivity contribution in [2.24, 2.45) is 0 Å². The Bertz CT molecular complexity index is 1100. The third kappa shape index (κ3) is 4.18. The number of ether oxygens (including phenoxy) is 3. The van der Waals surface area contributed by atoms with E-state index in [9.17, 15) is 9.59 Å². The number of carbonyl (C=O) groups is 2. The molecule has 1 aliphatic heterocycles. The molecule has 0 amide bonds. The molecule has 1 aromatic carbocycles. The van der Waals surface area contributed by atoms with Crippen LogP contribution in [0.2, 0.25) is 0 Å². The number of esters is 1. The summed E-state index contributed by atoms with van der Waals surface area (Å²) in [7, 11) is 0. The number of nitrogens with zero attached hydrogens (tertiary/aromatic N) is 3. The first-order chi connectivity index (χ1) is 14.0. The van der Waals surface area contributed by atoms with Crippen molar-refractivity contribution in [1.82, 2.24) is 15.2 Å². The quantitative estimate of drug-likeness (QED) is 0.316. The summed E-state index contributed by atoms with van der Waals surface area (Å²) in [5.41, 5.74) is 2.25. The number of ketones is 1. The number of hydrogen-bond donors (Lipinski definition) is 0. The van der Waals surface area contributed by atoms with Crippen LogP contribution in [0, 0.1) is 6.92 Å². The van der Waals surface area contributed by atoms with E-state index in [1.165, 1.54) is 23.1 Å². The molecule has 0 atom stereocenters. The molecular formula is C19H17N3O5S2. The van der Waals surface area contributed by atoms with Gasteiger partial charge in [0.15, 0.2) is 17.3 Å². The summed E-state index contributed by atoms with van der Waals surface area (Å²) in [6.07, 6.45) is -0.247. The SMILES string of the molecule is CCOC(=O)CC(=O)CSc1nnc(-c2ccc3c(c2)OCO3)c2sc(C)nc12. The highest BCUT2D eigenvalue weighted by molar-refractivity contribution is 8.00. The van der Waals surface area contributed by atoms with Crippen molar-refractivity contribution in [1.29, 1.82) is 0 Å². The molecule has 4 rings (SSSR count). The minimum atomic E-state index is -0.517. The fourth-order valence-electron chi connectivity index (χ4n) is 2.82. The van der Waals surface area contributed by atoms with Crippen molar-refractivity contribution in [3.05, 3.63) is 23.2 Å². The number of aromatic nitrogens is 3. The van der Waals surface area contributed by atoms with E-state index in [1.54, 1.807) is 6.92 Å². The van der Waals surface area contributed by atoms with Gasteiger partial charge in [-0.1, -0.05) is 11.8 Å². The fourth-order valence-corrected chi connectivity index (χ4v) is 4.60. The Kier molecular flexibility index (Phi) is 5.63. The summed E-state index contributed by atoms with van der Waals surface area (Å²) in [5, 5.41) is 10.1. The topological polar surface area (TPSA) is 101 Å². The van der Waals surface area contributed by atoms with Gasteiger partial charge in [-0.15, -0.1) is 21.5 Å². The molecule has 29 heavy (non-hydrogen) atoms. The van der Waals surface area contributed by atoms with Crippen molar-refractivity contribution in [3.63, 3.8) is 0 Å². The Hall–Kier alpha value is -2.72. The highest BCUT2D eigenvalue weighted by atomic mass is 32.2. The molecule has 0 N–H and O–H groups in total. The molecule has 3 heterocycles. The van der Waals surface area contributed by atoms with Gasteiger partial charge in [0, 0.05) is 5.56 Å². The number of fused-ring (bicyclic) bond motifs is 2. The lowest BCUT2D eigenvalue weighted by molar-refractivity contribution is -0.145. The monoisotopic (exact) mass is 431 g/mol. The standard InChI is InChI=1S/C19H17N3O5S2/c1-3-25-15(24)7-12(23)8-28-19-17-18(29-10(2)20-17)16(21-22-19)11-4-5-13-14(6-11)27-9-26-13/h4-6H,3,7-9H2,1-2H3. The summed E-state index contributed by atoms with van der Waals surface area (Å²) >= 11 is 2.74. The van der Waals surface area contributed by atoms with Crippen LogP contribution < -0.4 is 9.47 Å². The van der Waals surface area contributed by atoms with E-state index in [4.69, 9.17) is 14.2 Å². The van der Waals surface area contributed by atoms with Crippen LogP contribution >= 0.6 is 23.1 Å². The Balaban J connectivity index is 1.59. The second kappa shape index (κ2) is 8.34. The second-order valence-corrected chi connectivity index (χ2v) is 8.31. The second-order valence-electron chi connectivity index (χ2n) is 6.14. The molecule has 0 spiro atoms. The highest BCUT2D eigenvalue weighted by Gasteiger charge is 2.20. The number of aryl methyl sites for hydroxylation is 1. The van der Waals surface area contributed by atoms with Gasteiger partial charge < -0.3 is 14.2 Å². The molecule has 0 radical (unpaired) electrons. The maximum absolute atomic E-state index is 12.0. The summed E-state index contributed by atoms with van der Waals surface area (Å²) in [6.45, 7) is 4.07. The first kappa shape index (κ1) is 19.6. The molecule has 8 nitrogen and oxygen atoms in total. The maximum atomic E-state index is 12.0. The van der Waals surface area contributed by atoms with E-state index in [-0.39, 0.29) is 31.4 Å². The van der Waals surface area contributed by atoms with Crippen molar-refractivity contribution in [2.75, 3.05) is 19.2 Å². The molecule has 0 saturated heterocycles. The van der Waals surface area contributed by atoms with Gasteiger partial charge in [0.1, 0.15) is 22.7 Å². The molecule has 0 unspecified atom stereocenters. The van der Waals surface area contributed by atoms with Crippen LogP contribution in [0.1, 0.15) is 18.4 Å². The van der Waals surface area contributed by atoms with Crippen LogP contribution in [0.25, 0.3) is 21.5 Å². The van der Waals surface area contributed by atoms with Crippen molar-refractivity contribution in [3.8, 4) is 22.8 Å². The van der Waals surface area contributed by atoms with Crippen LogP contribution in [-0.4, -0.2) is 46.1 Å². The van der Waals surface area contributed by atoms with E-state index in [0.717, 1.165) is 15.3 Å². The van der Waals surface area contributed by atoms with E-state index < -0.39 is 5.97 Å². The van der Waals surface area contributed by atoms with Gasteiger partial charge in [-0.25, -0.2) is 4.98 Å². The average molecular weight is 431 g/mol. The lowest BCUT2D eigenvalue weighted by Gasteiger charge is -2.06. The molecule has 0 aliphatic carbocycles. The smallest absolute Gasteiger partial charge is 0.313 e. The predicted molar refractivity (Wildman–Crippen MR) is 108 cm³/mol. The van der Waals surface area contributed by atoms with Gasteiger partial charge in [-0.3, -0.25) is 9.59 Å². The largest absolute Gasteiger partial charge is 0.466 e. The third-order valence-corrected chi connectivity index (χ3v) is 6.05. The third-order valence-electron chi connectivity index (χ3n) is 4.06. The summed E-state index contributed by atoms with van der Waals surface area (Å²) in [6, 6.07) is 5.62. The van der Waals surface area contributed by atoms with Gasteiger partial charge in [0.05, 0.1) is 22.1 Å². The van der Waals surface area contributed by atoms with Gasteiger partial charge in [0.2, 0.25) is 6.79 Å². The molecule has 150 valence electrons. The van der Waals surface area contributed by atoms with Crippen LogP contribution in [0.5, 0.6) is 11.5 Å². The van der Waals surface area contributed by atoms with Crippen molar-refractivity contribution in [2.45, 2.75) is 25.3 Å². The van der Waals surface area contributed by atoms with Gasteiger partial charge in [-0.05, 0) is 32.0 Å². The van der Waals surface area contributed by atoms with E-state index in [1.807, 2.05) is 25.1 Å². The molecular weight excluding hydrogens is 414 g/mol. The first-order valence-corrected chi connectivity index (χ1v) is 10.7. The van der Waals surface area contributed by atoms with Gasteiger partial charge in [-0.2, -0.15) is 0 Å². The lowest BCUT2D eigenvalue weighted by Crippen LogP contribution is -2.12. The number of rotatable bonds is 7. The average Bonchev–Trinajstić information content (AvgIpc) is 3.31. The Morgan fingerprint density at radius 2 is 2.07 bits per heavy atom. The number of thioether (sulfide) groups is 1. The first-order valence-electron chi connectivity index (χ1n) is 8.89. The minimum Gasteiger partial charge on any atom is -0.466 e. The zero-order chi connectivity index (χ0) is 20.4. The molecule has 1 aliphatic rings. The van der Waals surface area contributed by atoms with Crippen LogP contribution in [0.4, 0.5) is 0 Å². The van der Waals surface area contributed by atoms with Crippen LogP contribution in [0.3, 0.4) is 0 Å². The van der Waals surface area contributed by atoms with Gasteiger partial charge in [0.25, 0.3) is 0 Å². The Morgan fingerprint density at radius 3 is 2.90 bits per heavy atom. The number of Topliss-reactive ketones (excluding diaryl/α,β-unsaturated/α-hetero) is 1. The molecule has 3 aromatic rings. The molecule has 2 aromatic heterocycles. The zero-order valence-electron chi connectivity index (χ0n) is 15.8. The molecule has 0 saturated carbocycles. The van der Waals surface area contributed by atoms with Crippen molar-refractivity contribution >= 4 is 45.1 Å². The normalized spacial score (nSPS) is 12.3. The summed E-state index contributed by atoms with van der Waals surface area (Å²) in [4.78, 5) is 28.1. The van der Waals surface area contributed by atoms with Crippen LogP contribution in [-0.2, 0) is 14.3 Å². The molecule has 0 bridgehead atoms. The minimum absolute atomic E-state index is 0.0997. The summed E-state index contributed by atoms with van der Waals surface area (Å²) < 4.78 is 16.5. The number of hydrogen-bond acceptors (Lipinski definition) is 10. The molecule has 10 heteroatoms. The molecule has 0 fully saturated rings. The van der Waals surface area contributed by atoms with Gasteiger partial charge >= 0.3 is 5.97 Å². The van der Waals surface area contributed by atoms with Crippen LogP contribution in [0.15, 0.2) is 23.2 Å². The van der Waals surface area contributed by atoms with E-state index in [0.29, 0.717) is 27.7 Å². The number of benzene rings is 1. The van der Waals surface area contributed by atoms with E-state index in [2.05, 4.69) is 15.2 Å². The lowest BCUT2D eigenvalue weighted by atomic mass is 10.1. The maximum Gasteiger partial charge on any atom is 0.313 e. The zero-order valence-corrected chi connectivity index (χ0v) is 17.4. The fraction of sp³-hybridized carbons (Fsp3) is 0.316. The summed E-state index contributed by atoms with van der Waals surface area (Å²) in [5.74, 6) is 0.724. The number of carbonyl (C=O) groups excluding carboxylic acids is 2. The Labute approximate surface area is 174 Å². The van der Waals surface area contributed by atoms with Crippen molar-refractivity contribution < 1.29 is 23.8 Å². The van der Waals surface area contributed by atoms with E-state index >= 15 is 0 Å². The number of thiazole rings is 1. The predicted octanol–water partition coefficient (Wildman–Crippen LogP) is 3.40.